The molecule has 4 heteroatoms. The number of hydrogen-bond donors (Lipinski definition) is 1. The molecule has 1 aliphatic carbocycles. The van der Waals surface area contributed by atoms with E-state index < -0.39 is 6.04 Å². The van der Waals surface area contributed by atoms with Gasteiger partial charge in [-0.1, -0.05) is 50.1 Å². The number of amides is 2. The van der Waals surface area contributed by atoms with E-state index in [-0.39, 0.29) is 17.9 Å². The lowest BCUT2D eigenvalue weighted by Gasteiger charge is -2.29. The number of rotatable bonds is 7. The van der Waals surface area contributed by atoms with Gasteiger partial charge in [0.15, 0.2) is 0 Å². The molecule has 0 saturated heterocycles. The summed E-state index contributed by atoms with van der Waals surface area (Å²) in [5, 5.41) is 3.10. The van der Waals surface area contributed by atoms with Crippen molar-refractivity contribution in [3.63, 3.8) is 0 Å². The first-order valence-corrected chi connectivity index (χ1v) is 8.75. The maximum atomic E-state index is 12.5. The third kappa shape index (κ3) is 5.08. The van der Waals surface area contributed by atoms with Gasteiger partial charge in [-0.25, -0.2) is 0 Å². The fourth-order valence-corrected chi connectivity index (χ4v) is 3.17. The van der Waals surface area contributed by atoms with Crippen LogP contribution in [-0.2, 0) is 16.0 Å². The normalized spacial score (nSPS) is 16.1. The lowest BCUT2D eigenvalue weighted by Crippen LogP contribution is -2.50. The zero-order valence-electron chi connectivity index (χ0n) is 14.3. The van der Waals surface area contributed by atoms with Crippen LogP contribution in [-0.4, -0.2) is 35.3 Å². The van der Waals surface area contributed by atoms with Crippen LogP contribution < -0.4 is 5.32 Å². The van der Waals surface area contributed by atoms with E-state index in [0.717, 1.165) is 19.3 Å². The van der Waals surface area contributed by atoms with Crippen molar-refractivity contribution in [2.45, 2.75) is 64.5 Å². The number of nitrogens with one attached hydrogen (secondary N) is 1. The Kier molecular flexibility index (Phi) is 6.63. The van der Waals surface area contributed by atoms with Crippen LogP contribution >= 0.6 is 0 Å². The van der Waals surface area contributed by atoms with E-state index >= 15 is 0 Å². The van der Waals surface area contributed by atoms with E-state index in [2.05, 4.69) is 17.4 Å². The van der Waals surface area contributed by atoms with Crippen molar-refractivity contribution < 1.29 is 9.59 Å². The van der Waals surface area contributed by atoms with Crippen molar-refractivity contribution in [2.24, 2.45) is 0 Å². The SMILES string of the molecule is CCC(=O)N(CCc1ccccc1)[C@@H](C)C(=O)NC1CCCC1. The molecule has 0 heterocycles. The van der Waals surface area contributed by atoms with Crippen molar-refractivity contribution in [1.82, 2.24) is 10.2 Å². The van der Waals surface area contributed by atoms with Crippen molar-refractivity contribution >= 4 is 11.8 Å². The molecule has 1 aromatic carbocycles. The van der Waals surface area contributed by atoms with Gasteiger partial charge in [-0.2, -0.15) is 0 Å². The minimum atomic E-state index is -0.410. The van der Waals surface area contributed by atoms with Gasteiger partial charge in [0.2, 0.25) is 11.8 Å². The Balaban J connectivity index is 1.95. The smallest absolute Gasteiger partial charge is 0.242 e. The van der Waals surface area contributed by atoms with Gasteiger partial charge in [0.25, 0.3) is 0 Å². The topological polar surface area (TPSA) is 49.4 Å². The van der Waals surface area contributed by atoms with Crippen molar-refractivity contribution in [3.8, 4) is 0 Å². The molecule has 2 amide bonds. The summed E-state index contributed by atoms with van der Waals surface area (Å²) < 4.78 is 0. The van der Waals surface area contributed by atoms with E-state index in [1.54, 1.807) is 4.90 Å². The molecule has 4 nitrogen and oxygen atoms in total. The molecule has 1 atom stereocenters. The van der Waals surface area contributed by atoms with E-state index in [0.29, 0.717) is 13.0 Å². The fraction of sp³-hybridized carbons (Fsp3) is 0.579. The van der Waals surface area contributed by atoms with Gasteiger partial charge >= 0.3 is 0 Å². The highest BCUT2D eigenvalue weighted by Gasteiger charge is 2.27. The summed E-state index contributed by atoms with van der Waals surface area (Å²) in [4.78, 5) is 26.4. The van der Waals surface area contributed by atoms with Crippen LogP contribution in [0.1, 0.15) is 51.5 Å². The predicted molar refractivity (Wildman–Crippen MR) is 92.0 cm³/mol. The first-order chi connectivity index (χ1) is 11.1. The Morgan fingerprint density at radius 3 is 2.48 bits per heavy atom. The quantitative estimate of drug-likeness (QED) is 0.841. The highest BCUT2D eigenvalue weighted by Crippen LogP contribution is 2.18. The summed E-state index contributed by atoms with van der Waals surface area (Å²) in [5.41, 5.74) is 1.19. The number of carbonyl (C=O) groups excluding carboxylic acids is 2. The molecule has 1 aromatic rings. The largest absolute Gasteiger partial charge is 0.352 e. The fourth-order valence-electron chi connectivity index (χ4n) is 3.17. The third-order valence-corrected chi connectivity index (χ3v) is 4.66. The molecule has 126 valence electrons. The van der Waals surface area contributed by atoms with Gasteiger partial charge in [0.1, 0.15) is 6.04 Å². The summed E-state index contributed by atoms with van der Waals surface area (Å²) >= 11 is 0. The second kappa shape index (κ2) is 8.70. The van der Waals surface area contributed by atoms with E-state index in [9.17, 15) is 9.59 Å². The van der Waals surface area contributed by atoms with Crippen molar-refractivity contribution in [2.75, 3.05) is 6.54 Å². The molecule has 1 N–H and O–H groups in total. The zero-order valence-corrected chi connectivity index (χ0v) is 14.3. The summed E-state index contributed by atoms with van der Waals surface area (Å²) in [6.07, 6.45) is 5.69. The second-order valence-corrected chi connectivity index (χ2v) is 6.34. The first kappa shape index (κ1) is 17.5. The van der Waals surface area contributed by atoms with Gasteiger partial charge in [-0.05, 0) is 31.7 Å². The van der Waals surface area contributed by atoms with Crippen LogP contribution in [0, 0.1) is 0 Å². The van der Waals surface area contributed by atoms with Crippen LogP contribution in [0.2, 0.25) is 0 Å². The zero-order chi connectivity index (χ0) is 16.7. The van der Waals surface area contributed by atoms with Gasteiger partial charge in [-0.15, -0.1) is 0 Å². The molecule has 0 bridgehead atoms. The monoisotopic (exact) mass is 316 g/mol. The average Bonchev–Trinajstić information content (AvgIpc) is 3.08. The molecule has 1 saturated carbocycles. The molecular weight excluding hydrogens is 288 g/mol. The highest BCUT2D eigenvalue weighted by molar-refractivity contribution is 5.87. The molecular formula is C19H28N2O2. The number of benzene rings is 1. The Morgan fingerprint density at radius 1 is 1.22 bits per heavy atom. The summed E-state index contributed by atoms with van der Waals surface area (Å²) in [6.45, 7) is 4.26. The molecule has 23 heavy (non-hydrogen) atoms. The third-order valence-electron chi connectivity index (χ3n) is 4.66. The molecule has 0 aliphatic heterocycles. The number of carbonyl (C=O) groups is 2. The summed E-state index contributed by atoms with van der Waals surface area (Å²) in [5.74, 6) is 0.0155. The van der Waals surface area contributed by atoms with Gasteiger partial charge in [-0.3, -0.25) is 9.59 Å². The predicted octanol–water partition coefficient (Wildman–Crippen LogP) is 2.92. The molecule has 0 aromatic heterocycles. The standard InChI is InChI=1S/C19H28N2O2/c1-3-18(22)21(14-13-16-9-5-4-6-10-16)15(2)19(23)20-17-11-7-8-12-17/h4-6,9-10,15,17H,3,7-8,11-14H2,1-2H3,(H,20,23)/t15-/m0/s1. The summed E-state index contributed by atoms with van der Waals surface area (Å²) in [6, 6.07) is 9.96. The Bertz CT molecular complexity index is 509. The van der Waals surface area contributed by atoms with E-state index in [1.807, 2.05) is 32.0 Å². The summed E-state index contributed by atoms with van der Waals surface area (Å²) in [7, 11) is 0. The Labute approximate surface area is 139 Å². The maximum Gasteiger partial charge on any atom is 0.242 e. The second-order valence-electron chi connectivity index (χ2n) is 6.34. The minimum absolute atomic E-state index is 0.0215. The lowest BCUT2D eigenvalue weighted by molar-refractivity contribution is -0.139. The van der Waals surface area contributed by atoms with Crippen LogP contribution in [0.5, 0.6) is 0 Å². The lowest BCUT2D eigenvalue weighted by atomic mass is 10.1. The van der Waals surface area contributed by atoms with Crippen molar-refractivity contribution in [3.05, 3.63) is 35.9 Å². The van der Waals surface area contributed by atoms with Crippen LogP contribution in [0.25, 0.3) is 0 Å². The van der Waals surface area contributed by atoms with Gasteiger partial charge in [0, 0.05) is 19.0 Å². The first-order valence-electron chi connectivity index (χ1n) is 8.75. The van der Waals surface area contributed by atoms with E-state index in [1.165, 1.54) is 18.4 Å². The number of hydrogen-bond acceptors (Lipinski definition) is 2. The number of nitrogens with zero attached hydrogens (tertiary/aromatic N) is 1. The molecule has 0 unspecified atom stereocenters. The minimum Gasteiger partial charge on any atom is -0.352 e. The van der Waals surface area contributed by atoms with Gasteiger partial charge in [0.05, 0.1) is 0 Å². The molecule has 1 fully saturated rings. The highest BCUT2D eigenvalue weighted by atomic mass is 16.2. The molecule has 0 spiro atoms. The Hall–Kier alpha value is -1.84. The Morgan fingerprint density at radius 2 is 1.87 bits per heavy atom. The van der Waals surface area contributed by atoms with Crippen LogP contribution in [0.15, 0.2) is 30.3 Å². The van der Waals surface area contributed by atoms with Crippen LogP contribution in [0.4, 0.5) is 0 Å². The molecule has 1 aliphatic rings. The molecule has 0 radical (unpaired) electrons. The van der Waals surface area contributed by atoms with E-state index in [4.69, 9.17) is 0 Å². The van der Waals surface area contributed by atoms with Crippen molar-refractivity contribution in [1.29, 1.82) is 0 Å². The average molecular weight is 316 g/mol. The van der Waals surface area contributed by atoms with Crippen LogP contribution in [0.3, 0.4) is 0 Å². The van der Waals surface area contributed by atoms with Gasteiger partial charge < -0.3 is 10.2 Å². The molecule has 2 rings (SSSR count). The maximum absolute atomic E-state index is 12.5.